The number of nitrogens with zero attached hydrogens (tertiary/aromatic N) is 1. The zero-order valence-electron chi connectivity index (χ0n) is 10.1. The van der Waals surface area contributed by atoms with Crippen molar-refractivity contribution in [1.82, 2.24) is 0 Å². The molecule has 0 saturated carbocycles. The van der Waals surface area contributed by atoms with E-state index in [0.29, 0.717) is 5.69 Å². The molecule has 0 heterocycles. The Hall–Kier alpha value is -1.09. The third-order valence-corrected chi connectivity index (χ3v) is 2.66. The lowest BCUT2D eigenvalue weighted by molar-refractivity contribution is 0.593. The van der Waals surface area contributed by atoms with Crippen molar-refractivity contribution < 1.29 is 4.39 Å². The molecule has 0 radical (unpaired) electrons. The predicted molar refractivity (Wildman–Crippen MR) is 67.2 cm³/mol. The molecule has 1 rings (SSSR count). The first kappa shape index (κ1) is 13.0. The standard InChI is InChI=1S/C13H21FN2/c1-3-16(10-6-7-11(2)15)13-9-5-4-8-12(13)14/h4-5,8-9,11H,3,6-7,10,15H2,1-2H3. The van der Waals surface area contributed by atoms with Crippen molar-refractivity contribution in [3.8, 4) is 0 Å². The molecule has 1 aromatic carbocycles. The second-order valence-electron chi connectivity index (χ2n) is 4.15. The van der Waals surface area contributed by atoms with Crippen LogP contribution in [0, 0.1) is 5.82 Å². The molecule has 0 aliphatic heterocycles. The van der Waals surface area contributed by atoms with Crippen LogP contribution in [-0.2, 0) is 0 Å². The number of hydrogen-bond acceptors (Lipinski definition) is 2. The first-order valence-corrected chi connectivity index (χ1v) is 5.90. The Balaban J connectivity index is 2.57. The number of para-hydroxylation sites is 1. The van der Waals surface area contributed by atoms with Gasteiger partial charge in [-0.3, -0.25) is 0 Å². The minimum atomic E-state index is -0.148. The minimum Gasteiger partial charge on any atom is -0.369 e. The van der Waals surface area contributed by atoms with Crippen LogP contribution in [0.2, 0.25) is 0 Å². The molecule has 0 amide bonds. The highest BCUT2D eigenvalue weighted by molar-refractivity contribution is 5.47. The minimum absolute atomic E-state index is 0.148. The molecule has 2 N–H and O–H groups in total. The summed E-state index contributed by atoms with van der Waals surface area (Å²) in [6.07, 6.45) is 1.98. The van der Waals surface area contributed by atoms with Crippen LogP contribution in [0.5, 0.6) is 0 Å². The van der Waals surface area contributed by atoms with Gasteiger partial charge in [0.2, 0.25) is 0 Å². The van der Waals surface area contributed by atoms with Gasteiger partial charge in [0.1, 0.15) is 5.82 Å². The van der Waals surface area contributed by atoms with Crippen molar-refractivity contribution in [3.05, 3.63) is 30.1 Å². The van der Waals surface area contributed by atoms with Crippen LogP contribution in [0.15, 0.2) is 24.3 Å². The smallest absolute Gasteiger partial charge is 0.146 e. The summed E-state index contributed by atoms with van der Waals surface area (Å²) in [7, 11) is 0. The SMILES string of the molecule is CCN(CCCC(C)N)c1ccccc1F. The van der Waals surface area contributed by atoms with Crippen LogP contribution >= 0.6 is 0 Å². The molecule has 0 saturated heterocycles. The molecule has 16 heavy (non-hydrogen) atoms. The van der Waals surface area contributed by atoms with E-state index >= 15 is 0 Å². The third-order valence-electron chi connectivity index (χ3n) is 2.66. The van der Waals surface area contributed by atoms with Gasteiger partial charge < -0.3 is 10.6 Å². The number of halogens is 1. The summed E-state index contributed by atoms with van der Waals surface area (Å²) < 4.78 is 13.5. The maximum atomic E-state index is 13.5. The van der Waals surface area contributed by atoms with Crippen molar-refractivity contribution in [2.45, 2.75) is 32.7 Å². The summed E-state index contributed by atoms with van der Waals surface area (Å²) in [4.78, 5) is 2.05. The highest BCUT2D eigenvalue weighted by atomic mass is 19.1. The molecule has 0 aliphatic rings. The Morgan fingerprint density at radius 3 is 2.62 bits per heavy atom. The Bertz CT molecular complexity index is 313. The van der Waals surface area contributed by atoms with Gasteiger partial charge in [0, 0.05) is 19.1 Å². The first-order valence-electron chi connectivity index (χ1n) is 5.90. The average molecular weight is 224 g/mol. The lowest BCUT2D eigenvalue weighted by atomic mass is 10.2. The third kappa shape index (κ3) is 3.81. The highest BCUT2D eigenvalue weighted by Crippen LogP contribution is 2.18. The molecule has 0 aliphatic carbocycles. The van der Waals surface area contributed by atoms with Gasteiger partial charge in [-0.15, -0.1) is 0 Å². The normalized spacial score (nSPS) is 12.5. The van der Waals surface area contributed by atoms with Crippen LogP contribution in [-0.4, -0.2) is 19.1 Å². The zero-order valence-corrected chi connectivity index (χ0v) is 10.1. The zero-order chi connectivity index (χ0) is 12.0. The number of rotatable bonds is 6. The van der Waals surface area contributed by atoms with Crippen molar-refractivity contribution in [1.29, 1.82) is 0 Å². The molecule has 1 atom stereocenters. The molecule has 0 bridgehead atoms. The summed E-state index contributed by atoms with van der Waals surface area (Å²) in [6, 6.07) is 7.13. The van der Waals surface area contributed by atoms with Crippen molar-refractivity contribution in [3.63, 3.8) is 0 Å². The molecule has 0 fully saturated rings. The average Bonchev–Trinajstić information content (AvgIpc) is 2.25. The summed E-state index contributed by atoms with van der Waals surface area (Å²) in [5.74, 6) is -0.148. The second-order valence-corrected chi connectivity index (χ2v) is 4.15. The van der Waals surface area contributed by atoms with E-state index in [9.17, 15) is 4.39 Å². The molecular formula is C13H21FN2. The number of benzene rings is 1. The fraction of sp³-hybridized carbons (Fsp3) is 0.538. The molecule has 90 valence electrons. The number of anilines is 1. The Morgan fingerprint density at radius 1 is 1.38 bits per heavy atom. The van der Waals surface area contributed by atoms with Gasteiger partial charge in [-0.05, 0) is 38.8 Å². The van der Waals surface area contributed by atoms with Gasteiger partial charge in [0.05, 0.1) is 5.69 Å². The molecule has 1 unspecified atom stereocenters. The molecule has 0 spiro atoms. The van der Waals surface area contributed by atoms with Gasteiger partial charge in [0.25, 0.3) is 0 Å². The molecular weight excluding hydrogens is 203 g/mol. The van der Waals surface area contributed by atoms with Crippen LogP contribution in [0.4, 0.5) is 10.1 Å². The molecule has 3 heteroatoms. The van der Waals surface area contributed by atoms with E-state index in [1.54, 1.807) is 6.07 Å². The summed E-state index contributed by atoms with van der Waals surface area (Å²) >= 11 is 0. The molecule has 2 nitrogen and oxygen atoms in total. The number of hydrogen-bond donors (Lipinski definition) is 1. The monoisotopic (exact) mass is 224 g/mol. The fourth-order valence-electron chi connectivity index (χ4n) is 1.76. The Morgan fingerprint density at radius 2 is 2.06 bits per heavy atom. The van der Waals surface area contributed by atoms with E-state index in [1.165, 1.54) is 6.07 Å². The van der Waals surface area contributed by atoms with Gasteiger partial charge in [-0.1, -0.05) is 12.1 Å². The summed E-state index contributed by atoms with van der Waals surface area (Å²) in [6.45, 7) is 5.72. The molecule has 0 aromatic heterocycles. The van der Waals surface area contributed by atoms with E-state index in [1.807, 2.05) is 26.0 Å². The quantitative estimate of drug-likeness (QED) is 0.805. The lowest BCUT2D eigenvalue weighted by Gasteiger charge is -2.23. The van der Waals surface area contributed by atoms with Crippen molar-refractivity contribution in [2.75, 3.05) is 18.0 Å². The topological polar surface area (TPSA) is 29.3 Å². The van der Waals surface area contributed by atoms with E-state index in [-0.39, 0.29) is 11.9 Å². The van der Waals surface area contributed by atoms with E-state index in [4.69, 9.17) is 5.73 Å². The van der Waals surface area contributed by atoms with Gasteiger partial charge in [-0.25, -0.2) is 4.39 Å². The van der Waals surface area contributed by atoms with E-state index in [2.05, 4.69) is 4.90 Å². The maximum Gasteiger partial charge on any atom is 0.146 e. The van der Waals surface area contributed by atoms with Crippen LogP contribution < -0.4 is 10.6 Å². The number of nitrogens with two attached hydrogens (primary N) is 1. The second kappa shape index (κ2) is 6.48. The van der Waals surface area contributed by atoms with Crippen LogP contribution in [0.1, 0.15) is 26.7 Å². The molecule has 1 aromatic rings. The largest absolute Gasteiger partial charge is 0.369 e. The Labute approximate surface area is 97.3 Å². The van der Waals surface area contributed by atoms with Crippen LogP contribution in [0.25, 0.3) is 0 Å². The van der Waals surface area contributed by atoms with E-state index in [0.717, 1.165) is 25.9 Å². The van der Waals surface area contributed by atoms with Crippen molar-refractivity contribution >= 4 is 5.69 Å². The van der Waals surface area contributed by atoms with Crippen molar-refractivity contribution in [2.24, 2.45) is 5.73 Å². The summed E-state index contributed by atoms with van der Waals surface area (Å²) in [5, 5.41) is 0. The van der Waals surface area contributed by atoms with Gasteiger partial charge in [0.15, 0.2) is 0 Å². The predicted octanol–water partition coefficient (Wildman–Crippen LogP) is 2.78. The maximum absolute atomic E-state index is 13.5. The Kier molecular flexibility index (Phi) is 5.26. The van der Waals surface area contributed by atoms with Gasteiger partial charge >= 0.3 is 0 Å². The van der Waals surface area contributed by atoms with Crippen LogP contribution in [0.3, 0.4) is 0 Å². The van der Waals surface area contributed by atoms with Gasteiger partial charge in [-0.2, -0.15) is 0 Å². The van der Waals surface area contributed by atoms with E-state index < -0.39 is 0 Å². The lowest BCUT2D eigenvalue weighted by Crippen LogP contribution is -2.26. The first-order chi connectivity index (χ1) is 7.65. The highest BCUT2D eigenvalue weighted by Gasteiger charge is 2.08. The summed E-state index contributed by atoms with van der Waals surface area (Å²) in [5.41, 5.74) is 6.39. The fourth-order valence-corrected chi connectivity index (χ4v) is 1.76.